The molecule has 0 N–H and O–H groups in total. The van der Waals surface area contributed by atoms with Crippen LogP contribution in [0.1, 0.15) is 21.3 Å². The Bertz CT molecular complexity index is 334. The average molecular weight is 208 g/mol. The van der Waals surface area contributed by atoms with Crippen LogP contribution in [-0.4, -0.2) is 0 Å². The molecule has 0 bridgehead atoms. The standard InChI is InChI=1S/C11H12S2/c1-8-3-4-10(7-9(8)2)11-12-5-6-13-11/h3-7,11H,1-2H3. The van der Waals surface area contributed by atoms with Crippen molar-refractivity contribution in [3.8, 4) is 0 Å². The van der Waals surface area contributed by atoms with E-state index in [1.54, 1.807) is 0 Å². The van der Waals surface area contributed by atoms with E-state index in [1.165, 1.54) is 16.7 Å². The molecular weight excluding hydrogens is 196 g/mol. The fourth-order valence-electron chi connectivity index (χ4n) is 1.31. The van der Waals surface area contributed by atoms with Crippen molar-refractivity contribution in [2.45, 2.75) is 18.4 Å². The van der Waals surface area contributed by atoms with Crippen molar-refractivity contribution in [3.63, 3.8) is 0 Å². The van der Waals surface area contributed by atoms with Crippen LogP contribution in [0.3, 0.4) is 0 Å². The molecule has 0 aromatic heterocycles. The van der Waals surface area contributed by atoms with Gasteiger partial charge in [-0.15, -0.1) is 23.5 Å². The maximum absolute atomic E-state index is 2.30. The first-order valence-electron chi connectivity index (χ1n) is 4.30. The van der Waals surface area contributed by atoms with Gasteiger partial charge in [0.1, 0.15) is 0 Å². The van der Waals surface area contributed by atoms with E-state index in [0.29, 0.717) is 4.58 Å². The van der Waals surface area contributed by atoms with Crippen LogP contribution >= 0.6 is 23.5 Å². The van der Waals surface area contributed by atoms with Gasteiger partial charge in [-0.05, 0) is 41.4 Å². The fourth-order valence-corrected chi connectivity index (χ4v) is 3.35. The SMILES string of the molecule is Cc1ccc(C2SC=CS2)cc1C. The van der Waals surface area contributed by atoms with Gasteiger partial charge in [-0.2, -0.15) is 0 Å². The van der Waals surface area contributed by atoms with Gasteiger partial charge in [0.2, 0.25) is 0 Å². The topological polar surface area (TPSA) is 0 Å². The third-order valence-corrected chi connectivity index (χ3v) is 4.73. The smallest absolute Gasteiger partial charge is 0.0834 e. The monoisotopic (exact) mass is 208 g/mol. The van der Waals surface area contributed by atoms with Gasteiger partial charge in [0.15, 0.2) is 0 Å². The highest BCUT2D eigenvalue weighted by molar-refractivity contribution is 8.21. The van der Waals surface area contributed by atoms with Gasteiger partial charge in [-0.1, -0.05) is 18.2 Å². The minimum absolute atomic E-state index is 0.583. The first-order valence-corrected chi connectivity index (χ1v) is 6.19. The van der Waals surface area contributed by atoms with Crippen molar-refractivity contribution in [3.05, 3.63) is 45.7 Å². The lowest BCUT2D eigenvalue weighted by Crippen LogP contribution is -1.88. The van der Waals surface area contributed by atoms with Crippen LogP contribution in [0, 0.1) is 13.8 Å². The van der Waals surface area contributed by atoms with Crippen molar-refractivity contribution >= 4 is 23.5 Å². The Morgan fingerprint density at radius 3 is 2.31 bits per heavy atom. The molecule has 0 amide bonds. The van der Waals surface area contributed by atoms with Gasteiger partial charge in [0, 0.05) is 0 Å². The molecule has 1 aromatic rings. The highest BCUT2D eigenvalue weighted by Crippen LogP contribution is 2.46. The summed E-state index contributed by atoms with van der Waals surface area (Å²) in [7, 11) is 0. The van der Waals surface area contributed by atoms with E-state index in [-0.39, 0.29) is 0 Å². The number of benzene rings is 1. The van der Waals surface area contributed by atoms with E-state index in [4.69, 9.17) is 0 Å². The normalized spacial score (nSPS) is 16.8. The Kier molecular flexibility index (Phi) is 2.70. The first-order chi connectivity index (χ1) is 6.27. The molecule has 68 valence electrons. The minimum Gasteiger partial charge on any atom is -0.114 e. The summed E-state index contributed by atoms with van der Waals surface area (Å²) in [5.74, 6) is 0. The van der Waals surface area contributed by atoms with E-state index in [0.717, 1.165) is 0 Å². The van der Waals surface area contributed by atoms with Gasteiger partial charge in [0.25, 0.3) is 0 Å². The van der Waals surface area contributed by atoms with Gasteiger partial charge < -0.3 is 0 Å². The predicted molar refractivity (Wildman–Crippen MR) is 63.0 cm³/mol. The van der Waals surface area contributed by atoms with Gasteiger partial charge >= 0.3 is 0 Å². The van der Waals surface area contributed by atoms with Crippen LogP contribution < -0.4 is 0 Å². The first kappa shape index (κ1) is 9.22. The number of thioether (sulfide) groups is 2. The Hall–Kier alpha value is -0.340. The summed E-state index contributed by atoms with van der Waals surface area (Å²) in [6.07, 6.45) is 0. The second kappa shape index (κ2) is 3.81. The van der Waals surface area contributed by atoms with Gasteiger partial charge in [0.05, 0.1) is 4.58 Å². The fraction of sp³-hybridized carbons (Fsp3) is 0.273. The van der Waals surface area contributed by atoms with Gasteiger partial charge in [-0.3, -0.25) is 0 Å². The summed E-state index contributed by atoms with van der Waals surface area (Å²) in [5.41, 5.74) is 4.21. The van der Waals surface area contributed by atoms with E-state index in [1.807, 2.05) is 23.5 Å². The lowest BCUT2D eigenvalue weighted by Gasteiger charge is -2.10. The maximum atomic E-state index is 2.30. The molecule has 2 heteroatoms. The van der Waals surface area contributed by atoms with Crippen LogP contribution in [0.15, 0.2) is 29.0 Å². The second-order valence-electron chi connectivity index (χ2n) is 3.22. The van der Waals surface area contributed by atoms with Crippen LogP contribution in [0.4, 0.5) is 0 Å². The highest BCUT2D eigenvalue weighted by Gasteiger charge is 2.14. The number of hydrogen-bond donors (Lipinski definition) is 0. The third-order valence-electron chi connectivity index (χ3n) is 2.26. The van der Waals surface area contributed by atoms with Crippen LogP contribution in [0.25, 0.3) is 0 Å². The van der Waals surface area contributed by atoms with E-state index in [2.05, 4.69) is 42.9 Å². The van der Waals surface area contributed by atoms with Crippen molar-refractivity contribution in [2.75, 3.05) is 0 Å². The Morgan fingerprint density at radius 1 is 1.00 bits per heavy atom. The van der Waals surface area contributed by atoms with E-state index < -0.39 is 0 Å². The quantitative estimate of drug-likeness (QED) is 0.676. The Labute approximate surface area is 87.8 Å². The molecule has 2 rings (SSSR count). The molecule has 0 nitrogen and oxygen atoms in total. The lowest BCUT2D eigenvalue weighted by molar-refractivity contribution is 1.28. The number of aryl methyl sites for hydroxylation is 2. The molecule has 1 heterocycles. The zero-order valence-electron chi connectivity index (χ0n) is 7.78. The average Bonchev–Trinajstić information content (AvgIpc) is 2.62. The molecule has 0 radical (unpaired) electrons. The summed E-state index contributed by atoms with van der Waals surface area (Å²) < 4.78 is 0.583. The molecule has 0 unspecified atom stereocenters. The van der Waals surface area contributed by atoms with E-state index >= 15 is 0 Å². The molecule has 0 saturated carbocycles. The molecule has 0 fully saturated rings. The van der Waals surface area contributed by atoms with Crippen molar-refractivity contribution in [1.82, 2.24) is 0 Å². The summed E-state index contributed by atoms with van der Waals surface area (Å²) in [4.78, 5) is 0. The molecular formula is C11H12S2. The summed E-state index contributed by atoms with van der Waals surface area (Å²) in [6, 6.07) is 6.75. The second-order valence-corrected chi connectivity index (χ2v) is 5.55. The summed E-state index contributed by atoms with van der Waals surface area (Å²) in [6.45, 7) is 4.34. The van der Waals surface area contributed by atoms with Crippen molar-refractivity contribution < 1.29 is 0 Å². The molecule has 1 aliphatic heterocycles. The molecule has 0 spiro atoms. The lowest BCUT2D eigenvalue weighted by atomic mass is 10.1. The molecule has 13 heavy (non-hydrogen) atoms. The number of rotatable bonds is 1. The highest BCUT2D eigenvalue weighted by atomic mass is 32.2. The molecule has 0 saturated heterocycles. The molecule has 1 aliphatic rings. The molecule has 1 aromatic carbocycles. The third kappa shape index (κ3) is 1.94. The van der Waals surface area contributed by atoms with Crippen molar-refractivity contribution in [1.29, 1.82) is 0 Å². The Balaban J connectivity index is 2.26. The maximum Gasteiger partial charge on any atom is 0.0834 e. The zero-order chi connectivity index (χ0) is 9.26. The molecule has 0 aliphatic carbocycles. The van der Waals surface area contributed by atoms with Crippen LogP contribution in [0.2, 0.25) is 0 Å². The summed E-state index contributed by atoms with van der Waals surface area (Å²) in [5, 5.41) is 4.34. The van der Waals surface area contributed by atoms with E-state index in [9.17, 15) is 0 Å². The van der Waals surface area contributed by atoms with Gasteiger partial charge in [-0.25, -0.2) is 0 Å². The zero-order valence-corrected chi connectivity index (χ0v) is 9.41. The minimum atomic E-state index is 0.583. The molecule has 0 atom stereocenters. The van der Waals surface area contributed by atoms with Crippen LogP contribution in [0.5, 0.6) is 0 Å². The summed E-state index contributed by atoms with van der Waals surface area (Å²) >= 11 is 3.78. The predicted octanol–water partition coefficient (Wildman–Crippen LogP) is 4.25. The number of hydrogen-bond acceptors (Lipinski definition) is 2. The van der Waals surface area contributed by atoms with Crippen LogP contribution in [-0.2, 0) is 0 Å². The van der Waals surface area contributed by atoms with Crippen molar-refractivity contribution in [2.24, 2.45) is 0 Å². The largest absolute Gasteiger partial charge is 0.114 e. The Morgan fingerprint density at radius 2 is 1.69 bits per heavy atom.